The van der Waals surface area contributed by atoms with Crippen molar-refractivity contribution < 1.29 is 17.6 Å². The van der Waals surface area contributed by atoms with Gasteiger partial charge in [-0.25, -0.2) is 12.8 Å². The maximum Gasteiger partial charge on any atom is 0.244 e. The van der Waals surface area contributed by atoms with E-state index >= 15 is 0 Å². The van der Waals surface area contributed by atoms with E-state index in [0.717, 1.165) is 38.2 Å². The van der Waals surface area contributed by atoms with Crippen LogP contribution in [-0.4, -0.2) is 32.5 Å². The first-order valence-corrected chi connectivity index (χ1v) is 10.6. The van der Waals surface area contributed by atoms with Crippen molar-refractivity contribution in [2.75, 3.05) is 0 Å². The molecule has 0 radical (unpaired) electrons. The van der Waals surface area contributed by atoms with Crippen LogP contribution in [0.3, 0.4) is 0 Å². The minimum absolute atomic E-state index is 0. The Labute approximate surface area is 165 Å². The number of benzene rings is 1. The summed E-state index contributed by atoms with van der Waals surface area (Å²) < 4.78 is 40.7. The molecule has 152 valence electrons. The van der Waals surface area contributed by atoms with Gasteiger partial charge < -0.3 is 11.1 Å². The molecule has 0 spiro atoms. The molecule has 1 amide bonds. The van der Waals surface area contributed by atoms with Crippen LogP contribution in [0.25, 0.3) is 0 Å². The highest BCUT2D eigenvalue weighted by molar-refractivity contribution is 7.89. The summed E-state index contributed by atoms with van der Waals surface area (Å²) in [7, 11) is -4.11. The first kappa shape index (κ1) is 22.1. The monoisotopic (exact) mass is 419 g/mol. The van der Waals surface area contributed by atoms with E-state index < -0.39 is 26.8 Å². The first-order chi connectivity index (χ1) is 12.3. The summed E-state index contributed by atoms with van der Waals surface area (Å²) in [6.07, 6.45) is 4.98. The second kappa shape index (κ2) is 8.86. The van der Waals surface area contributed by atoms with Gasteiger partial charge in [0.25, 0.3) is 0 Å². The predicted molar refractivity (Wildman–Crippen MR) is 103 cm³/mol. The molecule has 0 aliphatic heterocycles. The molecular formula is C18H27ClFN3O3S. The molecule has 3 rings (SSSR count). The molecule has 2 aliphatic rings. The Morgan fingerprint density at radius 2 is 1.81 bits per heavy atom. The highest BCUT2D eigenvalue weighted by atomic mass is 35.5. The number of carbonyl (C=O) groups is 1. The lowest BCUT2D eigenvalue weighted by atomic mass is 9.67. The second-order valence-electron chi connectivity index (χ2n) is 7.49. The summed E-state index contributed by atoms with van der Waals surface area (Å²) in [6, 6.07) is 4.33. The standard InChI is InChI=1S/C18H26FN3O3S.ClH/c1-11(22-26(24,25)16-8-3-2-7-15(16)19)18(23)21-17-12-5-4-6-13(17)10-14(20)9-12;/h2-3,7-8,11-14,17,22H,4-6,9-10,20H2,1H3,(H,21,23);1H. The Morgan fingerprint density at radius 3 is 2.41 bits per heavy atom. The average Bonchev–Trinajstić information content (AvgIpc) is 2.55. The van der Waals surface area contributed by atoms with Crippen molar-refractivity contribution in [3.8, 4) is 0 Å². The molecule has 2 bridgehead atoms. The van der Waals surface area contributed by atoms with Crippen molar-refractivity contribution in [3.05, 3.63) is 30.1 Å². The molecule has 27 heavy (non-hydrogen) atoms. The first-order valence-electron chi connectivity index (χ1n) is 9.10. The third-order valence-electron chi connectivity index (χ3n) is 5.54. The van der Waals surface area contributed by atoms with Gasteiger partial charge in [0.1, 0.15) is 10.7 Å². The number of halogens is 2. The zero-order valence-corrected chi connectivity index (χ0v) is 16.9. The molecule has 3 atom stereocenters. The van der Waals surface area contributed by atoms with Gasteiger partial charge in [-0.05, 0) is 56.6 Å². The Morgan fingerprint density at radius 1 is 1.22 bits per heavy atom. The fraction of sp³-hybridized carbons (Fsp3) is 0.611. The molecular weight excluding hydrogens is 393 g/mol. The topological polar surface area (TPSA) is 101 Å². The summed E-state index contributed by atoms with van der Waals surface area (Å²) in [5, 5.41) is 3.01. The summed E-state index contributed by atoms with van der Waals surface area (Å²) in [5.41, 5.74) is 6.10. The number of nitrogens with two attached hydrogens (primary N) is 1. The van der Waals surface area contributed by atoms with Crippen LogP contribution in [0.5, 0.6) is 0 Å². The van der Waals surface area contributed by atoms with Gasteiger partial charge in [0.15, 0.2) is 0 Å². The van der Waals surface area contributed by atoms with Gasteiger partial charge in [-0.2, -0.15) is 4.72 Å². The van der Waals surface area contributed by atoms with Crippen LogP contribution in [0.4, 0.5) is 4.39 Å². The van der Waals surface area contributed by atoms with E-state index in [2.05, 4.69) is 10.0 Å². The minimum atomic E-state index is -4.11. The van der Waals surface area contributed by atoms with E-state index in [1.165, 1.54) is 25.1 Å². The molecule has 9 heteroatoms. The number of rotatable bonds is 5. The molecule has 0 heterocycles. The van der Waals surface area contributed by atoms with Crippen LogP contribution in [0.15, 0.2) is 29.2 Å². The van der Waals surface area contributed by atoms with Gasteiger partial charge in [0, 0.05) is 12.1 Å². The number of hydrogen-bond donors (Lipinski definition) is 3. The van der Waals surface area contributed by atoms with Crippen LogP contribution >= 0.6 is 12.4 Å². The number of fused-ring (bicyclic) bond motifs is 2. The third kappa shape index (κ3) is 4.99. The van der Waals surface area contributed by atoms with E-state index in [0.29, 0.717) is 11.8 Å². The highest BCUT2D eigenvalue weighted by Gasteiger charge is 2.40. The molecule has 2 aliphatic carbocycles. The lowest BCUT2D eigenvalue weighted by Gasteiger charge is -2.45. The summed E-state index contributed by atoms with van der Waals surface area (Å²) in [4.78, 5) is 12.1. The lowest BCUT2D eigenvalue weighted by Crippen LogP contribution is -2.57. The summed E-state index contributed by atoms with van der Waals surface area (Å²) >= 11 is 0. The fourth-order valence-electron chi connectivity index (χ4n) is 4.33. The molecule has 1 aromatic rings. The molecule has 0 saturated heterocycles. The van der Waals surface area contributed by atoms with Gasteiger partial charge in [0.2, 0.25) is 15.9 Å². The molecule has 1 aromatic carbocycles. The van der Waals surface area contributed by atoms with E-state index in [-0.39, 0.29) is 30.4 Å². The predicted octanol–water partition coefficient (Wildman–Crippen LogP) is 1.94. The lowest BCUT2D eigenvalue weighted by molar-refractivity contribution is -0.124. The highest BCUT2D eigenvalue weighted by Crippen LogP contribution is 2.39. The fourth-order valence-corrected chi connectivity index (χ4v) is 5.61. The Hall–Kier alpha value is -1.22. The summed E-state index contributed by atoms with van der Waals surface area (Å²) in [5.74, 6) is -0.542. The zero-order valence-electron chi connectivity index (χ0n) is 15.2. The number of carbonyl (C=O) groups excluding carboxylic acids is 1. The maximum absolute atomic E-state index is 13.8. The van der Waals surface area contributed by atoms with Crippen molar-refractivity contribution in [2.45, 2.75) is 62.0 Å². The van der Waals surface area contributed by atoms with E-state index in [1.807, 2.05) is 0 Å². The van der Waals surface area contributed by atoms with Crippen molar-refractivity contribution in [1.82, 2.24) is 10.0 Å². The molecule has 2 saturated carbocycles. The third-order valence-corrected chi connectivity index (χ3v) is 7.11. The van der Waals surface area contributed by atoms with Crippen LogP contribution in [-0.2, 0) is 14.8 Å². The average molecular weight is 420 g/mol. The molecule has 2 fully saturated rings. The number of amides is 1. The Balaban J connectivity index is 0.00000261. The van der Waals surface area contributed by atoms with Gasteiger partial charge in [0.05, 0.1) is 6.04 Å². The normalized spacial score (nSPS) is 28.7. The molecule has 4 N–H and O–H groups in total. The van der Waals surface area contributed by atoms with E-state index in [1.54, 1.807) is 0 Å². The number of sulfonamides is 1. The van der Waals surface area contributed by atoms with Gasteiger partial charge in [-0.3, -0.25) is 4.79 Å². The Bertz CT molecular complexity index is 763. The molecule has 0 aromatic heterocycles. The van der Waals surface area contributed by atoms with E-state index in [4.69, 9.17) is 5.73 Å². The van der Waals surface area contributed by atoms with Crippen LogP contribution in [0, 0.1) is 17.7 Å². The van der Waals surface area contributed by atoms with Crippen molar-refractivity contribution in [1.29, 1.82) is 0 Å². The van der Waals surface area contributed by atoms with Crippen LogP contribution in [0.1, 0.15) is 39.0 Å². The van der Waals surface area contributed by atoms with Gasteiger partial charge in [-0.15, -0.1) is 12.4 Å². The smallest absolute Gasteiger partial charge is 0.244 e. The van der Waals surface area contributed by atoms with Crippen molar-refractivity contribution in [3.63, 3.8) is 0 Å². The van der Waals surface area contributed by atoms with Gasteiger partial charge >= 0.3 is 0 Å². The van der Waals surface area contributed by atoms with Gasteiger partial charge in [-0.1, -0.05) is 18.6 Å². The Kier molecular flexibility index (Phi) is 7.24. The number of nitrogens with one attached hydrogen (secondary N) is 2. The molecule has 6 nitrogen and oxygen atoms in total. The number of hydrogen-bond acceptors (Lipinski definition) is 4. The maximum atomic E-state index is 13.8. The van der Waals surface area contributed by atoms with Crippen molar-refractivity contribution in [2.24, 2.45) is 17.6 Å². The van der Waals surface area contributed by atoms with E-state index in [9.17, 15) is 17.6 Å². The molecule has 3 unspecified atom stereocenters. The second-order valence-corrected chi connectivity index (χ2v) is 9.17. The largest absolute Gasteiger partial charge is 0.351 e. The zero-order chi connectivity index (χ0) is 18.9. The summed E-state index contributed by atoms with van der Waals surface area (Å²) in [6.45, 7) is 1.47. The minimum Gasteiger partial charge on any atom is -0.351 e. The quantitative estimate of drug-likeness (QED) is 0.678. The van der Waals surface area contributed by atoms with Crippen LogP contribution in [0.2, 0.25) is 0 Å². The van der Waals surface area contributed by atoms with Crippen LogP contribution < -0.4 is 15.8 Å². The SMILES string of the molecule is CC(NS(=O)(=O)c1ccccc1F)C(=O)NC1C2CCCC1CC(N)C2.Cl. The van der Waals surface area contributed by atoms with Crippen molar-refractivity contribution >= 4 is 28.3 Å².